The molecule has 29 heavy (non-hydrogen) atoms. The summed E-state index contributed by atoms with van der Waals surface area (Å²) in [6.07, 6.45) is 3.95. The summed E-state index contributed by atoms with van der Waals surface area (Å²) in [5.74, 6) is -0.392. The van der Waals surface area contributed by atoms with Gasteiger partial charge in [0.1, 0.15) is 12.2 Å². The van der Waals surface area contributed by atoms with Crippen molar-refractivity contribution in [2.24, 2.45) is 0 Å². The molecule has 0 aliphatic heterocycles. The molecule has 1 aliphatic carbocycles. The minimum absolute atomic E-state index is 0.0313. The fourth-order valence-electron chi connectivity index (χ4n) is 3.42. The Morgan fingerprint density at radius 3 is 2.34 bits per heavy atom. The van der Waals surface area contributed by atoms with Gasteiger partial charge in [0, 0.05) is 11.1 Å². The van der Waals surface area contributed by atoms with E-state index in [0.717, 1.165) is 19.3 Å². The summed E-state index contributed by atoms with van der Waals surface area (Å²) < 4.78 is 22.2. The molecule has 1 aromatic carbocycles. The fourth-order valence-corrected chi connectivity index (χ4v) is 3.42. The van der Waals surface area contributed by atoms with Crippen molar-refractivity contribution in [3.63, 3.8) is 0 Å². The van der Waals surface area contributed by atoms with Crippen molar-refractivity contribution < 1.29 is 28.5 Å². The van der Waals surface area contributed by atoms with Gasteiger partial charge in [-0.15, -0.1) is 0 Å². The molecule has 1 atom stereocenters. The molecule has 1 fully saturated rings. The summed E-state index contributed by atoms with van der Waals surface area (Å²) in [6, 6.07) is 9.31. The van der Waals surface area contributed by atoms with Crippen molar-refractivity contribution in [3.8, 4) is 0 Å². The Balaban J connectivity index is 1.76. The number of Topliss-reactive ketones (excluding diaryl/α,β-unsaturated/α-hetero) is 1. The van der Waals surface area contributed by atoms with E-state index in [-0.39, 0.29) is 19.0 Å². The number of ether oxygens (including phenoxy) is 4. The average molecular weight is 405 g/mol. The van der Waals surface area contributed by atoms with Gasteiger partial charge >= 0.3 is 5.97 Å². The number of carbonyl (C=O) groups excluding carboxylic acids is 2. The van der Waals surface area contributed by atoms with E-state index in [1.54, 1.807) is 6.92 Å². The Hall–Kier alpha value is -2.02. The van der Waals surface area contributed by atoms with Crippen LogP contribution in [0.2, 0.25) is 0 Å². The molecular formula is C23H32O6. The van der Waals surface area contributed by atoms with Crippen LogP contribution in [0.4, 0.5) is 0 Å². The zero-order valence-corrected chi connectivity index (χ0v) is 17.5. The average Bonchev–Trinajstić information content (AvgIpc) is 2.73. The maximum Gasteiger partial charge on any atom is 0.333 e. The molecule has 1 saturated carbocycles. The monoisotopic (exact) mass is 404 g/mol. The Morgan fingerprint density at radius 2 is 1.69 bits per heavy atom. The molecule has 0 N–H and O–H groups in total. The lowest BCUT2D eigenvalue weighted by Crippen LogP contribution is -2.46. The second-order valence-electron chi connectivity index (χ2n) is 7.33. The van der Waals surface area contributed by atoms with Crippen molar-refractivity contribution in [2.45, 2.75) is 57.8 Å². The summed E-state index contributed by atoms with van der Waals surface area (Å²) in [5, 5.41) is 0. The normalized spacial score (nSPS) is 16.8. The Bertz CT molecular complexity index is 663. The first-order valence-electron chi connectivity index (χ1n) is 10.2. The molecule has 1 unspecified atom stereocenters. The molecule has 1 aliphatic rings. The van der Waals surface area contributed by atoms with E-state index < -0.39 is 17.9 Å². The molecule has 2 rings (SSSR count). The van der Waals surface area contributed by atoms with Crippen LogP contribution < -0.4 is 0 Å². The van der Waals surface area contributed by atoms with Crippen molar-refractivity contribution in [1.29, 1.82) is 0 Å². The predicted octanol–water partition coefficient (Wildman–Crippen LogP) is 4.09. The van der Waals surface area contributed by atoms with Crippen LogP contribution in [0.15, 0.2) is 42.5 Å². The van der Waals surface area contributed by atoms with Gasteiger partial charge in [0.05, 0.1) is 19.8 Å². The van der Waals surface area contributed by atoms with Crippen molar-refractivity contribution in [3.05, 3.63) is 48.0 Å². The van der Waals surface area contributed by atoms with Crippen LogP contribution in [0.5, 0.6) is 0 Å². The highest BCUT2D eigenvalue weighted by Crippen LogP contribution is 2.35. The summed E-state index contributed by atoms with van der Waals surface area (Å²) in [4.78, 5) is 24.4. The lowest BCUT2D eigenvalue weighted by atomic mass is 9.79. The molecule has 6 nitrogen and oxygen atoms in total. The van der Waals surface area contributed by atoms with E-state index in [2.05, 4.69) is 6.58 Å². The number of benzene rings is 1. The maximum absolute atomic E-state index is 13.2. The Kier molecular flexibility index (Phi) is 9.51. The van der Waals surface area contributed by atoms with Gasteiger partial charge in [-0.1, -0.05) is 56.2 Å². The standard InChI is InChI=1S/C23H32O6/c1-18(2)22(25)28-17-15-26-14-16-27-19(3)29-23(12-8-5-9-13-23)21(24)20-10-6-4-7-11-20/h4,6-7,10-11,19H,1,5,8-9,12-17H2,2-3H3. The summed E-state index contributed by atoms with van der Waals surface area (Å²) in [7, 11) is 0. The molecule has 0 saturated heterocycles. The number of carbonyl (C=O) groups is 2. The van der Waals surface area contributed by atoms with E-state index in [9.17, 15) is 9.59 Å². The minimum Gasteiger partial charge on any atom is -0.460 e. The van der Waals surface area contributed by atoms with Crippen LogP contribution in [0.3, 0.4) is 0 Å². The van der Waals surface area contributed by atoms with Crippen LogP contribution in [0.25, 0.3) is 0 Å². The summed E-state index contributed by atoms with van der Waals surface area (Å²) >= 11 is 0. The highest BCUT2D eigenvalue weighted by atomic mass is 16.7. The van der Waals surface area contributed by atoms with E-state index in [4.69, 9.17) is 18.9 Å². The third-order valence-corrected chi connectivity index (χ3v) is 4.89. The van der Waals surface area contributed by atoms with Gasteiger partial charge in [0.15, 0.2) is 12.1 Å². The zero-order valence-electron chi connectivity index (χ0n) is 17.5. The van der Waals surface area contributed by atoms with Gasteiger partial charge in [0.25, 0.3) is 0 Å². The molecule has 0 radical (unpaired) electrons. The molecule has 1 aromatic rings. The molecular weight excluding hydrogens is 372 g/mol. The molecule has 0 amide bonds. The Labute approximate surface area is 173 Å². The molecule has 0 heterocycles. The first kappa shape index (κ1) is 23.3. The number of esters is 1. The van der Waals surface area contributed by atoms with Crippen molar-refractivity contribution >= 4 is 11.8 Å². The van der Waals surface area contributed by atoms with Gasteiger partial charge in [-0.05, 0) is 26.7 Å². The van der Waals surface area contributed by atoms with Gasteiger partial charge < -0.3 is 18.9 Å². The molecule has 0 aromatic heterocycles. The number of hydrogen-bond acceptors (Lipinski definition) is 6. The maximum atomic E-state index is 13.2. The molecule has 0 spiro atoms. The fraction of sp³-hybridized carbons (Fsp3) is 0.565. The first-order valence-corrected chi connectivity index (χ1v) is 10.2. The van der Waals surface area contributed by atoms with E-state index in [1.165, 1.54) is 0 Å². The van der Waals surface area contributed by atoms with Crippen molar-refractivity contribution in [2.75, 3.05) is 26.4 Å². The number of ketones is 1. The van der Waals surface area contributed by atoms with Crippen LogP contribution in [-0.2, 0) is 23.7 Å². The number of hydrogen-bond donors (Lipinski definition) is 0. The lowest BCUT2D eigenvalue weighted by Gasteiger charge is -2.37. The zero-order chi connectivity index (χ0) is 21.1. The minimum atomic E-state index is -0.823. The number of rotatable bonds is 12. The third-order valence-electron chi connectivity index (χ3n) is 4.89. The van der Waals surface area contributed by atoms with Crippen molar-refractivity contribution in [1.82, 2.24) is 0 Å². The van der Waals surface area contributed by atoms with E-state index in [0.29, 0.717) is 37.2 Å². The first-order chi connectivity index (χ1) is 13.9. The summed E-state index contributed by atoms with van der Waals surface area (Å²) in [5.41, 5.74) is 0.214. The third kappa shape index (κ3) is 7.38. The highest BCUT2D eigenvalue weighted by Gasteiger charge is 2.42. The van der Waals surface area contributed by atoms with Gasteiger partial charge in [-0.2, -0.15) is 0 Å². The molecule has 6 heteroatoms. The highest BCUT2D eigenvalue weighted by molar-refractivity contribution is 6.02. The van der Waals surface area contributed by atoms with Crippen LogP contribution in [0.1, 0.15) is 56.3 Å². The second kappa shape index (κ2) is 11.9. The van der Waals surface area contributed by atoms with Gasteiger partial charge in [-0.25, -0.2) is 4.79 Å². The lowest BCUT2D eigenvalue weighted by molar-refractivity contribution is -0.198. The van der Waals surface area contributed by atoms with Gasteiger partial charge in [0.2, 0.25) is 0 Å². The predicted molar refractivity (Wildman–Crippen MR) is 110 cm³/mol. The van der Waals surface area contributed by atoms with Crippen LogP contribution in [-0.4, -0.2) is 50.1 Å². The summed E-state index contributed by atoms with van der Waals surface area (Å²) in [6.45, 7) is 8.05. The van der Waals surface area contributed by atoms with Gasteiger partial charge in [-0.3, -0.25) is 4.79 Å². The van der Waals surface area contributed by atoms with E-state index >= 15 is 0 Å². The topological polar surface area (TPSA) is 71.1 Å². The molecule has 0 bridgehead atoms. The smallest absolute Gasteiger partial charge is 0.333 e. The van der Waals surface area contributed by atoms with Crippen LogP contribution >= 0.6 is 0 Å². The van der Waals surface area contributed by atoms with Crippen LogP contribution in [0, 0.1) is 0 Å². The van der Waals surface area contributed by atoms with E-state index in [1.807, 2.05) is 37.3 Å². The Morgan fingerprint density at radius 1 is 1.03 bits per heavy atom. The SMILES string of the molecule is C=C(C)C(=O)OCCOCCOC(C)OC1(C(=O)c2ccccc2)CCCCC1. The quantitative estimate of drug-likeness (QED) is 0.172. The second-order valence-corrected chi connectivity index (χ2v) is 7.33. The molecule has 160 valence electrons. The largest absolute Gasteiger partial charge is 0.460 e.